The van der Waals surface area contributed by atoms with Gasteiger partial charge in [0.05, 0.1) is 19.0 Å². The summed E-state index contributed by atoms with van der Waals surface area (Å²) in [6.07, 6.45) is 0. The van der Waals surface area contributed by atoms with Crippen LogP contribution in [0.25, 0.3) is 0 Å². The molecule has 0 heterocycles. The van der Waals surface area contributed by atoms with Crippen LogP contribution in [0.15, 0.2) is 59.5 Å². The van der Waals surface area contributed by atoms with Gasteiger partial charge >= 0.3 is 0 Å². The van der Waals surface area contributed by atoms with Crippen LogP contribution in [0.2, 0.25) is 0 Å². The summed E-state index contributed by atoms with van der Waals surface area (Å²) in [6.45, 7) is 0.126. The molecule has 0 aromatic heterocycles. The highest BCUT2D eigenvalue weighted by molar-refractivity contribution is 7.99. The number of hydrogen-bond donors (Lipinski definition) is 1. The summed E-state index contributed by atoms with van der Waals surface area (Å²) in [5.74, 6) is 0.847. The van der Waals surface area contributed by atoms with Gasteiger partial charge in [-0.05, 0) is 29.8 Å². The van der Waals surface area contributed by atoms with Gasteiger partial charge in [-0.15, -0.1) is 11.8 Å². The third kappa shape index (κ3) is 3.28. The Bertz CT molecular complexity index is 468. The molecule has 2 rings (SSSR count). The lowest BCUT2D eigenvalue weighted by atomic mass is 10.2. The lowest BCUT2D eigenvalue weighted by Gasteiger charge is -2.14. The summed E-state index contributed by atoms with van der Waals surface area (Å²) in [5.41, 5.74) is 1.14. The first kappa shape index (κ1) is 13.0. The predicted molar refractivity (Wildman–Crippen MR) is 75.1 cm³/mol. The smallest absolute Gasteiger partial charge is 0.118 e. The topological polar surface area (TPSA) is 29.5 Å². The highest BCUT2D eigenvalue weighted by atomic mass is 32.2. The Labute approximate surface area is 112 Å². The first-order valence-corrected chi connectivity index (χ1v) is 6.68. The number of benzene rings is 2. The number of thioether (sulfide) groups is 1. The van der Waals surface area contributed by atoms with Gasteiger partial charge < -0.3 is 9.84 Å². The SMILES string of the molecule is COc1ccc(S[C@H](CO)c2ccccc2)cc1. The molecule has 0 saturated carbocycles. The van der Waals surface area contributed by atoms with Crippen LogP contribution in [-0.2, 0) is 0 Å². The Hall–Kier alpha value is -1.45. The van der Waals surface area contributed by atoms with Crippen LogP contribution in [0.3, 0.4) is 0 Å². The zero-order valence-electron chi connectivity index (χ0n) is 10.2. The third-order valence-electron chi connectivity index (χ3n) is 2.67. The van der Waals surface area contributed by atoms with E-state index in [1.54, 1.807) is 18.9 Å². The van der Waals surface area contributed by atoms with Gasteiger partial charge in [0.25, 0.3) is 0 Å². The van der Waals surface area contributed by atoms with Crippen molar-refractivity contribution in [2.24, 2.45) is 0 Å². The minimum atomic E-state index is 0.0691. The van der Waals surface area contributed by atoms with E-state index in [0.717, 1.165) is 16.2 Å². The Morgan fingerprint density at radius 1 is 1.06 bits per heavy atom. The van der Waals surface area contributed by atoms with Crippen molar-refractivity contribution in [3.8, 4) is 5.75 Å². The maximum atomic E-state index is 9.50. The maximum Gasteiger partial charge on any atom is 0.118 e. The van der Waals surface area contributed by atoms with E-state index in [1.165, 1.54) is 0 Å². The number of ether oxygens (including phenoxy) is 1. The second-order valence-corrected chi connectivity index (χ2v) is 5.15. The van der Waals surface area contributed by atoms with Crippen molar-refractivity contribution < 1.29 is 9.84 Å². The maximum absolute atomic E-state index is 9.50. The van der Waals surface area contributed by atoms with Gasteiger partial charge in [-0.25, -0.2) is 0 Å². The molecule has 2 nitrogen and oxygen atoms in total. The fourth-order valence-electron chi connectivity index (χ4n) is 1.70. The second-order valence-electron chi connectivity index (χ2n) is 3.88. The monoisotopic (exact) mass is 260 g/mol. The molecular weight excluding hydrogens is 244 g/mol. The molecule has 94 valence electrons. The third-order valence-corrected chi connectivity index (χ3v) is 3.93. The summed E-state index contributed by atoms with van der Waals surface area (Å²) >= 11 is 1.66. The molecule has 0 fully saturated rings. The number of aliphatic hydroxyl groups is 1. The van der Waals surface area contributed by atoms with Gasteiger partial charge in [0, 0.05) is 4.90 Å². The van der Waals surface area contributed by atoms with Crippen LogP contribution in [0.5, 0.6) is 5.75 Å². The summed E-state index contributed by atoms with van der Waals surface area (Å²) in [5, 5.41) is 9.57. The number of methoxy groups -OCH3 is 1. The molecule has 0 saturated heterocycles. The van der Waals surface area contributed by atoms with E-state index in [-0.39, 0.29) is 11.9 Å². The van der Waals surface area contributed by atoms with Gasteiger partial charge in [-0.3, -0.25) is 0 Å². The van der Waals surface area contributed by atoms with Crippen LogP contribution in [0.1, 0.15) is 10.8 Å². The predicted octanol–water partition coefficient (Wildman–Crippen LogP) is 3.52. The van der Waals surface area contributed by atoms with Crippen molar-refractivity contribution in [2.75, 3.05) is 13.7 Å². The Balaban J connectivity index is 2.10. The molecule has 0 spiro atoms. The van der Waals surface area contributed by atoms with E-state index in [4.69, 9.17) is 4.74 Å². The minimum Gasteiger partial charge on any atom is -0.497 e. The first-order valence-electron chi connectivity index (χ1n) is 5.80. The molecule has 0 aliphatic carbocycles. The van der Waals surface area contributed by atoms with Crippen molar-refractivity contribution in [3.63, 3.8) is 0 Å². The molecule has 3 heteroatoms. The molecule has 0 amide bonds. The molecule has 0 bridgehead atoms. The largest absolute Gasteiger partial charge is 0.497 e. The molecule has 0 radical (unpaired) electrons. The number of rotatable bonds is 5. The fraction of sp³-hybridized carbons (Fsp3) is 0.200. The van der Waals surface area contributed by atoms with Gasteiger partial charge in [0.2, 0.25) is 0 Å². The molecule has 2 aromatic carbocycles. The standard InChI is InChI=1S/C15H16O2S/c1-17-13-7-9-14(10-8-13)18-15(11-16)12-5-3-2-4-6-12/h2-10,15-16H,11H2,1H3/t15-/m1/s1. The molecule has 18 heavy (non-hydrogen) atoms. The summed E-state index contributed by atoms with van der Waals surface area (Å²) in [7, 11) is 1.66. The highest BCUT2D eigenvalue weighted by Gasteiger charge is 2.11. The van der Waals surface area contributed by atoms with Gasteiger partial charge in [0.1, 0.15) is 5.75 Å². The fourth-order valence-corrected chi connectivity index (χ4v) is 2.69. The van der Waals surface area contributed by atoms with E-state index < -0.39 is 0 Å². The number of hydrogen-bond acceptors (Lipinski definition) is 3. The Kier molecular flexibility index (Phi) is 4.67. The molecule has 0 aliphatic heterocycles. The van der Waals surface area contributed by atoms with E-state index >= 15 is 0 Å². The summed E-state index contributed by atoms with van der Waals surface area (Å²) in [6, 6.07) is 17.9. The van der Waals surface area contributed by atoms with Crippen LogP contribution in [0, 0.1) is 0 Å². The average molecular weight is 260 g/mol. The van der Waals surface area contributed by atoms with Crippen LogP contribution in [0.4, 0.5) is 0 Å². The quantitative estimate of drug-likeness (QED) is 0.834. The second kappa shape index (κ2) is 6.47. The van der Waals surface area contributed by atoms with Crippen LogP contribution < -0.4 is 4.74 Å². The zero-order chi connectivity index (χ0) is 12.8. The van der Waals surface area contributed by atoms with Gasteiger partial charge in [-0.1, -0.05) is 30.3 Å². The lowest BCUT2D eigenvalue weighted by Crippen LogP contribution is -1.99. The normalized spacial score (nSPS) is 12.1. The summed E-state index contributed by atoms with van der Waals surface area (Å²) in [4.78, 5) is 1.12. The molecule has 2 aromatic rings. The Morgan fingerprint density at radius 2 is 1.72 bits per heavy atom. The van der Waals surface area contributed by atoms with Gasteiger partial charge in [-0.2, -0.15) is 0 Å². The number of aliphatic hydroxyl groups excluding tert-OH is 1. The molecule has 0 unspecified atom stereocenters. The molecule has 1 N–H and O–H groups in total. The lowest BCUT2D eigenvalue weighted by molar-refractivity contribution is 0.296. The highest BCUT2D eigenvalue weighted by Crippen LogP contribution is 2.35. The van der Waals surface area contributed by atoms with E-state index in [1.807, 2.05) is 54.6 Å². The van der Waals surface area contributed by atoms with E-state index in [2.05, 4.69) is 0 Å². The Morgan fingerprint density at radius 3 is 2.28 bits per heavy atom. The molecule has 1 atom stereocenters. The van der Waals surface area contributed by atoms with Crippen LogP contribution >= 0.6 is 11.8 Å². The van der Waals surface area contributed by atoms with Crippen LogP contribution in [-0.4, -0.2) is 18.8 Å². The molecular formula is C15H16O2S. The van der Waals surface area contributed by atoms with E-state index in [0.29, 0.717) is 0 Å². The average Bonchev–Trinajstić information content (AvgIpc) is 2.46. The van der Waals surface area contributed by atoms with Crippen molar-refractivity contribution >= 4 is 11.8 Å². The minimum absolute atomic E-state index is 0.0691. The van der Waals surface area contributed by atoms with Crippen molar-refractivity contribution in [2.45, 2.75) is 10.1 Å². The van der Waals surface area contributed by atoms with Crippen molar-refractivity contribution in [1.82, 2.24) is 0 Å². The van der Waals surface area contributed by atoms with E-state index in [9.17, 15) is 5.11 Å². The zero-order valence-corrected chi connectivity index (χ0v) is 11.1. The summed E-state index contributed by atoms with van der Waals surface area (Å²) < 4.78 is 5.13. The van der Waals surface area contributed by atoms with Crippen molar-refractivity contribution in [1.29, 1.82) is 0 Å². The molecule has 0 aliphatic rings. The van der Waals surface area contributed by atoms with Crippen molar-refractivity contribution in [3.05, 3.63) is 60.2 Å². The van der Waals surface area contributed by atoms with Gasteiger partial charge in [0.15, 0.2) is 0 Å². The first-order chi connectivity index (χ1) is 8.83.